The molecule has 0 radical (unpaired) electrons. The van der Waals surface area contributed by atoms with Crippen LogP contribution >= 0.6 is 0 Å². The van der Waals surface area contributed by atoms with Gasteiger partial charge in [-0.05, 0) is 0 Å². The van der Waals surface area contributed by atoms with Gasteiger partial charge in [0.05, 0.1) is 0 Å². The minimum absolute atomic E-state index is 0. The van der Waals surface area contributed by atoms with Gasteiger partial charge in [-0.1, -0.05) is 0 Å². The Morgan fingerprint density at radius 2 is 1.20 bits per heavy atom. The molecular weight excluding hydrogens is 288 g/mol. The van der Waals surface area contributed by atoms with E-state index in [0.717, 1.165) is 0 Å². The summed E-state index contributed by atoms with van der Waals surface area (Å²) in [5.41, 5.74) is 0. The van der Waals surface area contributed by atoms with Gasteiger partial charge >= 0.3 is 78.9 Å². The van der Waals surface area contributed by atoms with E-state index in [9.17, 15) is 39.2 Å². The molecule has 15 heavy (non-hydrogen) atoms. The van der Waals surface area contributed by atoms with Gasteiger partial charge in [-0.3, -0.25) is 4.55 Å². The largest absolute Gasteiger partial charge is 1.00 e. The Morgan fingerprint density at radius 3 is 1.27 bits per heavy atom. The van der Waals surface area contributed by atoms with Gasteiger partial charge in [-0.25, -0.2) is 0 Å². The number of rotatable bonds is 2. The predicted octanol–water partition coefficient (Wildman–Crippen LogP) is -1.22. The van der Waals surface area contributed by atoms with Crippen LogP contribution in [0.25, 0.3) is 0 Å². The number of halogens is 7. The van der Waals surface area contributed by atoms with Crippen LogP contribution in [0.1, 0.15) is 1.43 Å². The topological polar surface area (TPSA) is 54.4 Å². The minimum atomic E-state index is -6.85. The summed E-state index contributed by atoms with van der Waals surface area (Å²) in [5, 5.41) is -6.61. The summed E-state index contributed by atoms with van der Waals surface area (Å²) in [6.07, 6.45) is -6.79. The van der Waals surface area contributed by atoms with Crippen molar-refractivity contribution in [2.45, 2.75) is 17.4 Å². The summed E-state index contributed by atoms with van der Waals surface area (Å²) in [6, 6.07) is 0. The minimum Gasteiger partial charge on any atom is -1.00 e. The van der Waals surface area contributed by atoms with E-state index in [1.807, 2.05) is 0 Å². The fourth-order valence-electron chi connectivity index (χ4n) is 0.327. The molecule has 0 saturated heterocycles. The van der Waals surface area contributed by atoms with Crippen molar-refractivity contribution in [3.63, 3.8) is 0 Å². The van der Waals surface area contributed by atoms with Crippen molar-refractivity contribution < 1.29 is 96.5 Å². The maximum Gasteiger partial charge on any atom is 1.00 e. The zero-order valence-corrected chi connectivity index (χ0v) is 10.8. The van der Waals surface area contributed by atoms with Crippen LogP contribution < -0.4 is 51.4 Å². The molecule has 0 heterocycles. The van der Waals surface area contributed by atoms with E-state index in [1.165, 1.54) is 0 Å². The Morgan fingerprint density at radius 1 is 0.933 bits per heavy atom. The van der Waals surface area contributed by atoms with E-state index in [4.69, 9.17) is 4.55 Å². The molecule has 0 fully saturated rings. The molecule has 0 rings (SSSR count). The third-order valence-corrected chi connectivity index (χ3v) is 1.95. The smallest absolute Gasteiger partial charge is 1.00 e. The molecule has 0 unspecified atom stereocenters. The monoisotopic (exact) mass is 290 g/mol. The molecule has 0 aromatic heterocycles. The molecular formula is C3H2F7KO3S. The fraction of sp³-hybridized carbons (Fsp3) is 1.00. The summed E-state index contributed by atoms with van der Waals surface area (Å²) in [4.78, 5) is 0. The third-order valence-electron chi connectivity index (χ3n) is 1.05. The molecule has 0 atom stereocenters. The molecule has 0 aromatic carbocycles. The Bertz CT molecular complexity index is 324. The molecule has 88 valence electrons. The van der Waals surface area contributed by atoms with Crippen LogP contribution in [0, 0.1) is 0 Å². The summed E-state index contributed by atoms with van der Waals surface area (Å²) < 4.78 is 108. The summed E-state index contributed by atoms with van der Waals surface area (Å²) in [5.74, 6) is -6.85. The molecule has 0 saturated carbocycles. The normalized spacial score (nSPS) is 14.7. The molecule has 0 aliphatic rings. The molecule has 0 aromatic rings. The van der Waals surface area contributed by atoms with Crippen molar-refractivity contribution in [2.24, 2.45) is 0 Å². The molecule has 3 nitrogen and oxygen atoms in total. The predicted molar refractivity (Wildman–Crippen MR) is 28.6 cm³/mol. The van der Waals surface area contributed by atoms with E-state index in [-0.39, 0.29) is 52.8 Å². The van der Waals surface area contributed by atoms with Gasteiger partial charge in [-0.2, -0.15) is 39.2 Å². The first-order valence-corrected chi connectivity index (χ1v) is 3.98. The Balaban J connectivity index is -0.000000845. The van der Waals surface area contributed by atoms with Crippen molar-refractivity contribution in [3.05, 3.63) is 0 Å². The van der Waals surface area contributed by atoms with Gasteiger partial charge in [0, 0.05) is 0 Å². The Hall–Kier alpha value is 1.06. The van der Waals surface area contributed by atoms with Crippen molar-refractivity contribution in [1.29, 1.82) is 0 Å². The summed E-state index contributed by atoms with van der Waals surface area (Å²) >= 11 is 0. The second-order valence-electron chi connectivity index (χ2n) is 2.06. The number of hydrogen-bond donors (Lipinski definition) is 1. The van der Waals surface area contributed by atoms with Gasteiger partial charge < -0.3 is 1.43 Å². The first-order valence-electron chi connectivity index (χ1n) is 2.54. The van der Waals surface area contributed by atoms with Crippen LogP contribution in [-0.4, -0.2) is 30.3 Å². The van der Waals surface area contributed by atoms with Crippen LogP contribution in [0.5, 0.6) is 0 Å². The first-order chi connectivity index (χ1) is 5.75. The number of alkyl halides is 7. The number of hydrogen-bond acceptors (Lipinski definition) is 2. The second-order valence-corrected chi connectivity index (χ2v) is 3.53. The summed E-state index contributed by atoms with van der Waals surface area (Å²) in [7, 11) is -6.85. The maximum atomic E-state index is 11.9. The molecule has 0 aliphatic heterocycles. The van der Waals surface area contributed by atoms with E-state index in [0.29, 0.717) is 0 Å². The van der Waals surface area contributed by atoms with Crippen molar-refractivity contribution in [2.75, 3.05) is 0 Å². The van der Waals surface area contributed by atoms with Crippen LogP contribution in [-0.2, 0) is 10.1 Å². The van der Waals surface area contributed by atoms with Crippen molar-refractivity contribution in [3.8, 4) is 0 Å². The second kappa shape index (κ2) is 4.74. The maximum absolute atomic E-state index is 11.9. The Labute approximate surface area is 123 Å². The molecule has 0 amide bonds. The van der Waals surface area contributed by atoms with Crippen LogP contribution in [0.2, 0.25) is 0 Å². The zero-order valence-electron chi connectivity index (χ0n) is 7.82. The molecule has 0 aliphatic carbocycles. The Kier molecular flexibility index (Phi) is 5.82. The average Bonchev–Trinajstić information content (AvgIpc) is 1.81. The van der Waals surface area contributed by atoms with E-state index in [1.54, 1.807) is 0 Å². The van der Waals surface area contributed by atoms with Crippen molar-refractivity contribution in [1.82, 2.24) is 0 Å². The summed E-state index contributed by atoms with van der Waals surface area (Å²) in [6.45, 7) is 0. The van der Waals surface area contributed by atoms with E-state index < -0.39 is 27.5 Å². The third kappa shape index (κ3) is 3.26. The standard InChI is InChI=1S/C3HF7O3S.K.H/c4-1(5,2(6,7)8)3(9,10)14(11,12)13;;/h(H,11,12,13);;/q;+1;-1. The van der Waals surface area contributed by atoms with E-state index >= 15 is 0 Å². The molecule has 12 heteroatoms. The van der Waals surface area contributed by atoms with Crippen LogP contribution in [0.15, 0.2) is 0 Å². The molecule has 1 N–H and O–H groups in total. The zero-order chi connectivity index (χ0) is 12.0. The van der Waals surface area contributed by atoms with Gasteiger partial charge in [0.2, 0.25) is 0 Å². The molecule has 0 spiro atoms. The van der Waals surface area contributed by atoms with Crippen molar-refractivity contribution >= 4 is 10.1 Å². The van der Waals surface area contributed by atoms with Gasteiger partial charge in [-0.15, -0.1) is 0 Å². The fourth-order valence-corrected chi connectivity index (χ4v) is 0.767. The van der Waals surface area contributed by atoms with Gasteiger partial charge in [0.25, 0.3) is 0 Å². The quantitative estimate of drug-likeness (QED) is 0.394. The van der Waals surface area contributed by atoms with Crippen LogP contribution in [0.3, 0.4) is 0 Å². The van der Waals surface area contributed by atoms with Crippen LogP contribution in [0.4, 0.5) is 30.7 Å². The first kappa shape index (κ1) is 18.4. The van der Waals surface area contributed by atoms with E-state index in [2.05, 4.69) is 0 Å². The van der Waals surface area contributed by atoms with Gasteiger partial charge in [0.15, 0.2) is 0 Å². The van der Waals surface area contributed by atoms with Gasteiger partial charge in [0.1, 0.15) is 0 Å². The average molecular weight is 290 g/mol. The molecule has 0 bridgehead atoms. The SMILES string of the molecule is O=S(=O)(O)C(F)(F)C(F)(F)C(F)(F)F.[H-].[K+].